The number of benzene rings is 2. The number of fused-ring (bicyclic) bond motifs is 1. The van der Waals surface area contributed by atoms with Gasteiger partial charge in [-0.15, -0.1) is 0 Å². The Labute approximate surface area is 114 Å². The normalized spacial score (nSPS) is 15.8. The first-order valence-corrected chi connectivity index (χ1v) is 7.69. The molecule has 2 aromatic carbocycles. The van der Waals surface area contributed by atoms with Gasteiger partial charge in [0.2, 0.25) is 0 Å². The molecule has 3 heteroatoms. The lowest BCUT2D eigenvalue weighted by Crippen LogP contribution is -2.07. The number of aryl methyl sites for hydroxylation is 1. The van der Waals surface area contributed by atoms with Gasteiger partial charge in [-0.2, -0.15) is 0 Å². The van der Waals surface area contributed by atoms with Crippen molar-refractivity contribution in [3.63, 3.8) is 0 Å². The molecule has 0 amide bonds. The summed E-state index contributed by atoms with van der Waals surface area (Å²) < 4.78 is 26.5. The van der Waals surface area contributed by atoms with E-state index in [1.807, 2.05) is 36.4 Å². The molecule has 19 heavy (non-hydrogen) atoms. The van der Waals surface area contributed by atoms with Crippen molar-refractivity contribution in [2.45, 2.75) is 35.5 Å². The third-order valence-electron chi connectivity index (χ3n) is 3.56. The van der Waals surface area contributed by atoms with E-state index in [9.17, 15) is 8.60 Å². The van der Waals surface area contributed by atoms with Gasteiger partial charge in [0, 0.05) is 9.79 Å². The molecule has 1 atom stereocenters. The van der Waals surface area contributed by atoms with Gasteiger partial charge in [-0.25, -0.2) is 8.60 Å². The zero-order chi connectivity index (χ0) is 13.2. The molecule has 0 aliphatic heterocycles. The molecular formula is C16H15FOS. The lowest BCUT2D eigenvalue weighted by Gasteiger charge is -2.17. The lowest BCUT2D eigenvalue weighted by molar-refractivity contribution is 0.573. The molecule has 0 N–H and O–H groups in total. The summed E-state index contributed by atoms with van der Waals surface area (Å²) in [4.78, 5) is 1.29. The molecule has 2 aromatic rings. The molecule has 0 fully saturated rings. The van der Waals surface area contributed by atoms with Crippen molar-refractivity contribution >= 4 is 10.8 Å². The van der Waals surface area contributed by atoms with Gasteiger partial charge in [0.25, 0.3) is 0 Å². The molecule has 1 nitrogen and oxygen atoms in total. The predicted molar refractivity (Wildman–Crippen MR) is 74.2 cm³/mol. The average molecular weight is 274 g/mol. The summed E-state index contributed by atoms with van der Waals surface area (Å²) in [7, 11) is -1.30. The topological polar surface area (TPSA) is 17.1 Å². The molecule has 0 saturated heterocycles. The van der Waals surface area contributed by atoms with Gasteiger partial charge in [-0.05, 0) is 61.1 Å². The number of hydrogen-bond acceptors (Lipinski definition) is 1. The third kappa shape index (κ3) is 2.47. The van der Waals surface area contributed by atoms with Crippen LogP contribution in [0.4, 0.5) is 4.39 Å². The first kappa shape index (κ1) is 12.5. The van der Waals surface area contributed by atoms with E-state index in [4.69, 9.17) is 0 Å². The van der Waals surface area contributed by atoms with E-state index >= 15 is 0 Å². The van der Waals surface area contributed by atoms with Gasteiger partial charge in [0.05, 0.1) is 10.8 Å². The second kappa shape index (κ2) is 5.25. The maximum Gasteiger partial charge on any atom is 0.127 e. The molecule has 0 saturated carbocycles. The predicted octanol–water partition coefficient (Wildman–Crippen LogP) is 3.87. The smallest absolute Gasteiger partial charge is 0.127 e. The standard InChI is InChI=1S/C16H15FOS/c17-16-11-14(10-12-6-4-5-9-15(12)16)19(18)13-7-2-1-3-8-13/h1-3,7-8,10-11H,4-6,9H2. The number of rotatable bonds is 2. The lowest BCUT2D eigenvalue weighted by atomic mass is 9.91. The maximum absolute atomic E-state index is 14.1. The summed E-state index contributed by atoms with van der Waals surface area (Å²) in [6.07, 6.45) is 3.84. The van der Waals surface area contributed by atoms with Crippen LogP contribution in [0.5, 0.6) is 0 Å². The van der Waals surface area contributed by atoms with E-state index < -0.39 is 10.8 Å². The second-order valence-electron chi connectivity index (χ2n) is 4.83. The third-order valence-corrected chi connectivity index (χ3v) is 4.92. The van der Waals surface area contributed by atoms with Gasteiger partial charge < -0.3 is 0 Å². The molecule has 0 spiro atoms. The molecule has 1 aliphatic carbocycles. The fourth-order valence-corrected chi connectivity index (χ4v) is 3.71. The highest BCUT2D eigenvalue weighted by Gasteiger charge is 2.17. The van der Waals surface area contributed by atoms with Crippen LogP contribution in [0.15, 0.2) is 52.3 Å². The minimum Gasteiger partial charge on any atom is -0.249 e. The van der Waals surface area contributed by atoms with E-state index in [0.29, 0.717) is 4.90 Å². The molecule has 0 bridgehead atoms. The second-order valence-corrected chi connectivity index (χ2v) is 6.31. The Morgan fingerprint density at radius 2 is 1.68 bits per heavy atom. The van der Waals surface area contributed by atoms with Crippen molar-refractivity contribution in [3.8, 4) is 0 Å². The van der Waals surface area contributed by atoms with Gasteiger partial charge >= 0.3 is 0 Å². The SMILES string of the molecule is O=S(c1ccccc1)c1cc(F)c2c(c1)CCCC2. The minimum atomic E-state index is -1.30. The van der Waals surface area contributed by atoms with Crippen molar-refractivity contribution in [1.82, 2.24) is 0 Å². The zero-order valence-electron chi connectivity index (χ0n) is 10.6. The summed E-state index contributed by atoms with van der Waals surface area (Å²) in [5, 5.41) is 0. The monoisotopic (exact) mass is 274 g/mol. The Balaban J connectivity index is 2.02. The number of hydrogen-bond donors (Lipinski definition) is 0. The van der Waals surface area contributed by atoms with Crippen LogP contribution in [0, 0.1) is 5.82 Å². The van der Waals surface area contributed by atoms with Crippen LogP contribution < -0.4 is 0 Å². The molecule has 0 radical (unpaired) electrons. The maximum atomic E-state index is 14.1. The van der Waals surface area contributed by atoms with Gasteiger partial charge in [0.15, 0.2) is 0 Å². The first-order valence-electron chi connectivity index (χ1n) is 6.54. The minimum absolute atomic E-state index is 0.198. The van der Waals surface area contributed by atoms with E-state index in [0.717, 1.165) is 41.7 Å². The molecule has 0 heterocycles. The molecule has 3 rings (SSSR count). The Kier molecular flexibility index (Phi) is 3.47. The highest BCUT2D eigenvalue weighted by Crippen LogP contribution is 2.28. The van der Waals surface area contributed by atoms with Gasteiger partial charge in [-0.3, -0.25) is 0 Å². The largest absolute Gasteiger partial charge is 0.249 e. The average Bonchev–Trinajstić information content (AvgIpc) is 2.47. The van der Waals surface area contributed by atoms with Crippen molar-refractivity contribution < 1.29 is 8.60 Å². The zero-order valence-corrected chi connectivity index (χ0v) is 11.4. The molecule has 1 unspecified atom stereocenters. The van der Waals surface area contributed by atoms with Crippen LogP contribution in [0.3, 0.4) is 0 Å². The molecule has 98 valence electrons. The molecule has 0 aromatic heterocycles. The molecule has 1 aliphatic rings. The van der Waals surface area contributed by atoms with Crippen molar-refractivity contribution in [1.29, 1.82) is 0 Å². The highest BCUT2D eigenvalue weighted by atomic mass is 32.2. The van der Waals surface area contributed by atoms with Gasteiger partial charge in [0.1, 0.15) is 5.82 Å². The quantitative estimate of drug-likeness (QED) is 0.812. The fourth-order valence-electron chi connectivity index (χ4n) is 2.57. The first-order chi connectivity index (χ1) is 9.25. The number of halogens is 1. The van der Waals surface area contributed by atoms with E-state index in [-0.39, 0.29) is 5.82 Å². The Morgan fingerprint density at radius 1 is 0.947 bits per heavy atom. The van der Waals surface area contributed by atoms with Crippen LogP contribution in [0.25, 0.3) is 0 Å². The highest BCUT2D eigenvalue weighted by molar-refractivity contribution is 7.85. The van der Waals surface area contributed by atoms with Crippen LogP contribution >= 0.6 is 0 Å². The Bertz CT molecular complexity index is 622. The summed E-state index contributed by atoms with van der Waals surface area (Å²) in [5.74, 6) is -0.198. The van der Waals surface area contributed by atoms with Gasteiger partial charge in [-0.1, -0.05) is 18.2 Å². The van der Waals surface area contributed by atoms with Crippen LogP contribution in [0.2, 0.25) is 0 Å². The van der Waals surface area contributed by atoms with Crippen molar-refractivity contribution in [2.75, 3.05) is 0 Å². The van der Waals surface area contributed by atoms with E-state index in [1.165, 1.54) is 6.07 Å². The summed E-state index contributed by atoms with van der Waals surface area (Å²) in [5.41, 5.74) is 1.85. The molecular weight excluding hydrogens is 259 g/mol. The Morgan fingerprint density at radius 3 is 2.47 bits per heavy atom. The van der Waals surface area contributed by atoms with E-state index in [2.05, 4.69) is 0 Å². The summed E-state index contributed by atoms with van der Waals surface area (Å²) >= 11 is 0. The van der Waals surface area contributed by atoms with Crippen LogP contribution in [-0.4, -0.2) is 4.21 Å². The fraction of sp³-hybridized carbons (Fsp3) is 0.250. The van der Waals surface area contributed by atoms with Crippen molar-refractivity contribution in [3.05, 3.63) is 59.4 Å². The Hall–Kier alpha value is -1.48. The van der Waals surface area contributed by atoms with Crippen molar-refractivity contribution in [2.24, 2.45) is 0 Å². The van der Waals surface area contributed by atoms with Crippen LogP contribution in [-0.2, 0) is 23.6 Å². The summed E-state index contributed by atoms with van der Waals surface area (Å²) in [6.45, 7) is 0. The summed E-state index contributed by atoms with van der Waals surface area (Å²) in [6, 6.07) is 12.6. The van der Waals surface area contributed by atoms with Crippen LogP contribution in [0.1, 0.15) is 24.0 Å². The van der Waals surface area contributed by atoms with E-state index in [1.54, 1.807) is 0 Å².